The molecule has 9 aliphatic rings. The molecule has 9 unspecified atom stereocenters. The Balaban J connectivity index is 0.884. The van der Waals surface area contributed by atoms with Gasteiger partial charge in [0.2, 0.25) is 0 Å². The lowest BCUT2D eigenvalue weighted by Gasteiger charge is -2.67. The lowest BCUT2D eigenvalue weighted by molar-refractivity contribution is -0.380. The molecular weight excluding hydrogens is 1180 g/mol. The summed E-state index contributed by atoms with van der Waals surface area (Å²) in [5.74, 6) is -0.0172. The minimum atomic E-state index is -1.96. The van der Waals surface area contributed by atoms with Crippen molar-refractivity contribution >= 4 is 0 Å². The van der Waals surface area contributed by atoms with Crippen molar-refractivity contribution in [2.75, 3.05) is 33.0 Å². The van der Waals surface area contributed by atoms with Gasteiger partial charge in [0.1, 0.15) is 122 Å². The van der Waals surface area contributed by atoms with Gasteiger partial charge in [0.25, 0.3) is 0 Å². The Kier molecular flexibility index (Phi) is 22.3. The van der Waals surface area contributed by atoms with E-state index in [-0.39, 0.29) is 35.5 Å². The Bertz CT molecular complexity index is 2340. The van der Waals surface area contributed by atoms with E-state index >= 15 is 0 Å². The average molecular weight is 1290 g/mol. The second-order valence-electron chi connectivity index (χ2n) is 28.7. The molecule has 89 heavy (non-hydrogen) atoms. The van der Waals surface area contributed by atoms with Gasteiger partial charge < -0.3 is 144 Å². The largest absolute Gasteiger partial charge is 0.394 e. The molecule has 0 radical (unpaired) electrons. The molecule has 516 valence electrons. The summed E-state index contributed by atoms with van der Waals surface area (Å²) in [6, 6.07) is 0. The molecule has 0 aromatic rings. The highest BCUT2D eigenvalue weighted by atomic mass is 16.8. The van der Waals surface area contributed by atoms with Crippen LogP contribution in [0.1, 0.15) is 107 Å². The molecule has 0 bridgehead atoms. The highest BCUT2D eigenvalue weighted by molar-refractivity contribution is 5.32. The predicted octanol–water partition coefficient (Wildman–Crippen LogP) is -5.41. The number of allylic oxidation sites excluding steroid dienone is 1. The molecule has 19 N–H and O–H groups in total. The number of hydrogen-bond acceptors (Lipinski definition) is 29. The number of rotatable bonds is 20. The molecule has 5 saturated heterocycles. The molecule has 29 heteroatoms. The molecule has 9 rings (SSSR count). The maximum atomic E-state index is 12.8. The Morgan fingerprint density at radius 1 is 0.517 bits per heavy atom. The van der Waals surface area contributed by atoms with Crippen LogP contribution in [0.2, 0.25) is 0 Å². The van der Waals surface area contributed by atoms with Gasteiger partial charge in [0.05, 0.1) is 56.9 Å². The molecule has 35 atom stereocenters. The van der Waals surface area contributed by atoms with Gasteiger partial charge in [-0.1, -0.05) is 53.2 Å². The summed E-state index contributed by atoms with van der Waals surface area (Å²) in [5.41, 5.74) is -2.49. The third kappa shape index (κ3) is 13.0. The third-order valence-electron chi connectivity index (χ3n) is 22.9. The van der Waals surface area contributed by atoms with E-state index in [9.17, 15) is 97.0 Å². The second kappa shape index (κ2) is 27.6. The van der Waals surface area contributed by atoms with E-state index in [0.717, 1.165) is 18.4 Å². The number of fused-ring (bicyclic) bond motifs is 5. The summed E-state index contributed by atoms with van der Waals surface area (Å²) < 4.78 is 59.5. The van der Waals surface area contributed by atoms with Crippen LogP contribution in [0.25, 0.3) is 0 Å². The summed E-state index contributed by atoms with van der Waals surface area (Å²) in [6.45, 7) is 12.3. The first-order valence-electron chi connectivity index (χ1n) is 31.6. The molecule has 4 aliphatic carbocycles. The van der Waals surface area contributed by atoms with Crippen LogP contribution in [0.4, 0.5) is 0 Å². The van der Waals surface area contributed by atoms with Crippen LogP contribution in [-0.4, -0.2) is 308 Å². The Morgan fingerprint density at radius 3 is 1.52 bits per heavy atom. The molecule has 8 fully saturated rings. The predicted molar refractivity (Wildman–Crippen MR) is 300 cm³/mol. The third-order valence-corrected chi connectivity index (χ3v) is 22.9. The smallest absolute Gasteiger partial charge is 0.187 e. The van der Waals surface area contributed by atoms with Crippen LogP contribution in [0.15, 0.2) is 11.6 Å². The number of hydrogen-bond donors (Lipinski definition) is 19. The first-order valence-corrected chi connectivity index (χ1v) is 31.6. The van der Waals surface area contributed by atoms with Crippen LogP contribution in [-0.2, 0) is 47.4 Å². The minimum Gasteiger partial charge on any atom is -0.394 e. The summed E-state index contributed by atoms with van der Waals surface area (Å²) in [7, 11) is 0. The molecular formula is C60H102O29. The quantitative estimate of drug-likeness (QED) is 0.0506. The van der Waals surface area contributed by atoms with Crippen molar-refractivity contribution in [2.45, 2.75) is 284 Å². The van der Waals surface area contributed by atoms with Crippen molar-refractivity contribution in [3.8, 4) is 0 Å². The second-order valence-corrected chi connectivity index (χ2v) is 28.7. The fourth-order valence-corrected chi connectivity index (χ4v) is 17.1. The summed E-state index contributed by atoms with van der Waals surface area (Å²) >= 11 is 0. The zero-order valence-corrected chi connectivity index (χ0v) is 51.8. The standard InChI is InChI=1S/C60H102O29/c1-23(9-13-35(57(4,5)79)87-55-50(89-54-47(77)42(72)38(68)29(20-63)83-54)43(73)39(69)31(85-55)22-80-51-45(75)40(70)36(66)27(18-61)81-51)24-15-16-58(6)32-12-10-25-26(60(32,8)33(65)17-59(24,58)7)11-14-34(56(25,2)3)86-52-48(78)44(74)49(30(21-64)84-52)88-53-46(76)41(71)37(67)28(19-62)82-53/h10,23-24,26-55,61-79H,9,11-22H2,1-8H3/t23-,24-,26-,27+,28?,29?,30?,31?,32+,33-,34+,35-,36-,37-,38-,39-,40+,41+,42+,43+,44-,45?,46?,47?,48?,49-,50?,51-,52+,53+,54+,55+,58+,59-,60+/m1/s1. The fourth-order valence-electron chi connectivity index (χ4n) is 17.1. The van der Waals surface area contributed by atoms with E-state index in [4.69, 9.17) is 47.4 Å². The van der Waals surface area contributed by atoms with Crippen LogP contribution in [0.3, 0.4) is 0 Å². The van der Waals surface area contributed by atoms with E-state index in [1.54, 1.807) is 0 Å². The molecule has 0 aromatic heterocycles. The minimum absolute atomic E-state index is 0.0310. The summed E-state index contributed by atoms with van der Waals surface area (Å²) in [4.78, 5) is 0. The molecule has 0 amide bonds. The molecule has 3 saturated carbocycles. The topological polar surface area (TPSA) is 477 Å². The van der Waals surface area contributed by atoms with Crippen molar-refractivity contribution in [3.63, 3.8) is 0 Å². The van der Waals surface area contributed by atoms with Gasteiger partial charge in [-0.15, -0.1) is 0 Å². The Labute approximate surface area is 517 Å². The molecule has 29 nitrogen and oxygen atoms in total. The van der Waals surface area contributed by atoms with E-state index in [2.05, 4.69) is 33.8 Å². The van der Waals surface area contributed by atoms with E-state index in [1.807, 2.05) is 13.8 Å². The summed E-state index contributed by atoms with van der Waals surface area (Å²) in [5, 5.41) is 205. The Hall–Kier alpha value is -1.42. The van der Waals surface area contributed by atoms with Crippen molar-refractivity contribution in [1.82, 2.24) is 0 Å². The lowest BCUT2D eigenvalue weighted by Crippen LogP contribution is -2.66. The van der Waals surface area contributed by atoms with Crippen LogP contribution < -0.4 is 0 Å². The average Bonchev–Trinajstić information content (AvgIpc) is 1.66. The van der Waals surface area contributed by atoms with Gasteiger partial charge in [-0.05, 0) is 99.7 Å². The first-order chi connectivity index (χ1) is 41.7. The van der Waals surface area contributed by atoms with Gasteiger partial charge in [-0.25, -0.2) is 0 Å². The fraction of sp³-hybridized carbons (Fsp3) is 0.967. The monoisotopic (exact) mass is 1290 g/mol. The molecule has 5 heterocycles. The van der Waals surface area contributed by atoms with Crippen molar-refractivity contribution < 1.29 is 144 Å². The normalized spacial score (nSPS) is 51.8. The van der Waals surface area contributed by atoms with Gasteiger partial charge in [0, 0.05) is 10.8 Å². The number of ether oxygens (including phenoxy) is 10. The van der Waals surface area contributed by atoms with Crippen LogP contribution in [0.5, 0.6) is 0 Å². The van der Waals surface area contributed by atoms with E-state index in [0.29, 0.717) is 32.1 Å². The van der Waals surface area contributed by atoms with Crippen LogP contribution >= 0.6 is 0 Å². The highest BCUT2D eigenvalue weighted by Gasteiger charge is 2.71. The van der Waals surface area contributed by atoms with E-state index in [1.165, 1.54) is 13.8 Å². The number of aliphatic hydroxyl groups is 19. The highest BCUT2D eigenvalue weighted by Crippen LogP contribution is 2.75. The van der Waals surface area contributed by atoms with Gasteiger partial charge >= 0.3 is 0 Å². The zero-order chi connectivity index (χ0) is 65.5. The van der Waals surface area contributed by atoms with Gasteiger partial charge in [0.15, 0.2) is 31.5 Å². The SMILES string of the molecule is C[C@H](CC[C@@H](O[C@@H]1OC(CO[C@@H]2O[C@@H](CO)[C@@H](O)[C@H](O)C2O)[C@@H](O)[C@H](O)C1O[C@@H]1OC(CO)[C@@H](O)[C@H](O)C1O)C(C)(C)O)[C@H]1CC[C@@]2(C)[C@@H]3CC=C4[C@@H](CC[C@H](O[C@@H]5OC(CO)[C@@H](O[C@@H]6OC(CO)[C@@H](O)[C@H](O)C6O)[C@H](O)C5O)C4(C)C)[C@]3(C)[C@H](O)C[C@]12C. The lowest BCUT2D eigenvalue weighted by atomic mass is 9.38. The Morgan fingerprint density at radius 2 is 0.978 bits per heavy atom. The maximum absolute atomic E-state index is 12.8. The zero-order valence-electron chi connectivity index (χ0n) is 51.8. The van der Waals surface area contributed by atoms with Gasteiger partial charge in [-0.3, -0.25) is 0 Å². The van der Waals surface area contributed by atoms with Gasteiger partial charge in [-0.2, -0.15) is 0 Å². The number of aliphatic hydroxyl groups excluding tert-OH is 18. The first kappa shape index (κ1) is 71.9. The molecule has 5 aliphatic heterocycles. The maximum Gasteiger partial charge on any atom is 0.187 e. The van der Waals surface area contributed by atoms with E-state index < -0.39 is 227 Å². The summed E-state index contributed by atoms with van der Waals surface area (Å²) in [6.07, 6.45) is -37.7. The molecule has 0 aromatic carbocycles. The molecule has 0 spiro atoms. The van der Waals surface area contributed by atoms with Crippen molar-refractivity contribution in [1.29, 1.82) is 0 Å². The van der Waals surface area contributed by atoms with Crippen molar-refractivity contribution in [2.24, 2.45) is 45.3 Å². The van der Waals surface area contributed by atoms with Crippen molar-refractivity contribution in [3.05, 3.63) is 11.6 Å². The van der Waals surface area contributed by atoms with Crippen LogP contribution in [0, 0.1) is 45.3 Å².